The number of hydrogen-bond donors (Lipinski definition) is 2. The Balaban J connectivity index is 1.42. The first kappa shape index (κ1) is 18.8. The molecule has 2 N–H and O–H groups in total. The van der Waals surface area contributed by atoms with Crippen LogP contribution in [-0.2, 0) is 9.53 Å². The maximum Gasteiger partial charge on any atom is 0.255 e. The molecule has 4 rings (SSSR count). The third-order valence-corrected chi connectivity index (χ3v) is 5.73. The SMILES string of the molecule is O=C1CCSc2ccc(C(=O)Nc3cccc(OCC4CCCO4)c3)cc2N1. The second-order valence-electron chi connectivity index (χ2n) is 6.79. The molecule has 0 spiro atoms. The van der Waals surface area contributed by atoms with Crippen molar-refractivity contribution in [2.24, 2.45) is 0 Å². The lowest BCUT2D eigenvalue weighted by atomic mass is 10.1. The van der Waals surface area contributed by atoms with E-state index in [1.165, 1.54) is 0 Å². The van der Waals surface area contributed by atoms with Gasteiger partial charge in [-0.2, -0.15) is 0 Å². The number of carbonyl (C=O) groups is 2. The van der Waals surface area contributed by atoms with Gasteiger partial charge in [-0.1, -0.05) is 6.07 Å². The van der Waals surface area contributed by atoms with Gasteiger partial charge in [-0.3, -0.25) is 9.59 Å². The van der Waals surface area contributed by atoms with Crippen molar-refractivity contribution in [1.29, 1.82) is 0 Å². The van der Waals surface area contributed by atoms with E-state index in [-0.39, 0.29) is 17.9 Å². The molecular weight excluding hydrogens is 376 g/mol. The van der Waals surface area contributed by atoms with Gasteiger partial charge in [-0.25, -0.2) is 0 Å². The number of hydrogen-bond acceptors (Lipinski definition) is 5. The molecule has 28 heavy (non-hydrogen) atoms. The number of benzene rings is 2. The molecule has 2 heterocycles. The van der Waals surface area contributed by atoms with Crippen LogP contribution in [0.1, 0.15) is 29.6 Å². The Morgan fingerprint density at radius 3 is 3.07 bits per heavy atom. The van der Waals surface area contributed by atoms with Crippen LogP contribution in [0.25, 0.3) is 0 Å². The summed E-state index contributed by atoms with van der Waals surface area (Å²) in [6.45, 7) is 1.31. The second-order valence-corrected chi connectivity index (χ2v) is 7.92. The van der Waals surface area contributed by atoms with Gasteiger partial charge in [0, 0.05) is 41.0 Å². The van der Waals surface area contributed by atoms with Crippen LogP contribution >= 0.6 is 11.8 Å². The molecule has 146 valence electrons. The van der Waals surface area contributed by atoms with Crippen molar-refractivity contribution in [2.75, 3.05) is 29.6 Å². The molecule has 2 amide bonds. The minimum atomic E-state index is -0.234. The molecule has 2 aliphatic rings. The Bertz CT molecular complexity index is 880. The zero-order chi connectivity index (χ0) is 19.3. The maximum absolute atomic E-state index is 12.7. The predicted octanol–water partition coefficient (Wildman–Crippen LogP) is 3.93. The predicted molar refractivity (Wildman–Crippen MR) is 109 cm³/mol. The Hall–Kier alpha value is -2.51. The molecule has 0 aliphatic carbocycles. The van der Waals surface area contributed by atoms with Crippen molar-refractivity contribution in [3.8, 4) is 5.75 Å². The van der Waals surface area contributed by atoms with E-state index >= 15 is 0 Å². The molecule has 1 saturated heterocycles. The fourth-order valence-corrected chi connectivity index (χ4v) is 4.13. The molecule has 1 atom stereocenters. The van der Waals surface area contributed by atoms with Gasteiger partial charge in [0.05, 0.1) is 11.8 Å². The van der Waals surface area contributed by atoms with E-state index in [4.69, 9.17) is 9.47 Å². The summed E-state index contributed by atoms with van der Waals surface area (Å²) >= 11 is 1.61. The molecule has 0 radical (unpaired) electrons. The molecular formula is C21H22N2O4S. The highest BCUT2D eigenvalue weighted by atomic mass is 32.2. The minimum Gasteiger partial charge on any atom is -0.491 e. The first-order valence-corrected chi connectivity index (χ1v) is 10.4. The molecule has 0 bridgehead atoms. The van der Waals surface area contributed by atoms with Gasteiger partial charge in [-0.05, 0) is 43.2 Å². The van der Waals surface area contributed by atoms with Crippen molar-refractivity contribution >= 4 is 35.0 Å². The van der Waals surface area contributed by atoms with Gasteiger partial charge in [-0.15, -0.1) is 11.8 Å². The monoisotopic (exact) mass is 398 g/mol. The van der Waals surface area contributed by atoms with Crippen molar-refractivity contribution in [3.63, 3.8) is 0 Å². The highest BCUT2D eigenvalue weighted by Crippen LogP contribution is 2.31. The largest absolute Gasteiger partial charge is 0.491 e. The van der Waals surface area contributed by atoms with Gasteiger partial charge in [0.15, 0.2) is 0 Å². The van der Waals surface area contributed by atoms with Crippen LogP contribution in [0, 0.1) is 0 Å². The maximum atomic E-state index is 12.7. The minimum absolute atomic E-state index is 0.0279. The number of fused-ring (bicyclic) bond motifs is 1. The number of amides is 2. The van der Waals surface area contributed by atoms with Crippen LogP contribution in [0.3, 0.4) is 0 Å². The van der Waals surface area contributed by atoms with Crippen molar-refractivity contribution in [1.82, 2.24) is 0 Å². The first-order valence-electron chi connectivity index (χ1n) is 9.40. The Morgan fingerprint density at radius 2 is 2.21 bits per heavy atom. The van der Waals surface area contributed by atoms with Crippen LogP contribution in [0.4, 0.5) is 11.4 Å². The van der Waals surface area contributed by atoms with Crippen molar-refractivity contribution < 1.29 is 19.1 Å². The Morgan fingerprint density at radius 1 is 1.29 bits per heavy atom. The normalized spacial score (nSPS) is 18.7. The molecule has 2 aliphatic heterocycles. The van der Waals surface area contributed by atoms with E-state index in [0.29, 0.717) is 35.7 Å². The summed E-state index contributed by atoms with van der Waals surface area (Å²) in [4.78, 5) is 25.4. The third-order valence-electron chi connectivity index (χ3n) is 4.65. The van der Waals surface area contributed by atoms with Gasteiger partial charge in [0.25, 0.3) is 5.91 Å². The second kappa shape index (κ2) is 8.67. The van der Waals surface area contributed by atoms with Crippen LogP contribution in [0.15, 0.2) is 47.4 Å². The number of thioether (sulfide) groups is 1. The van der Waals surface area contributed by atoms with Crippen LogP contribution in [0.5, 0.6) is 5.75 Å². The Kier molecular flexibility index (Phi) is 5.83. The lowest BCUT2D eigenvalue weighted by Crippen LogP contribution is -2.16. The zero-order valence-electron chi connectivity index (χ0n) is 15.4. The van der Waals surface area contributed by atoms with E-state index in [9.17, 15) is 9.59 Å². The molecule has 1 unspecified atom stereocenters. The van der Waals surface area contributed by atoms with Gasteiger partial charge in [0.2, 0.25) is 5.91 Å². The summed E-state index contributed by atoms with van der Waals surface area (Å²) < 4.78 is 11.4. The quantitative estimate of drug-likeness (QED) is 0.798. The first-order chi connectivity index (χ1) is 13.7. The number of rotatable bonds is 5. The van der Waals surface area contributed by atoms with Gasteiger partial charge in [0.1, 0.15) is 12.4 Å². The van der Waals surface area contributed by atoms with E-state index in [1.54, 1.807) is 30.0 Å². The average Bonchev–Trinajstić information content (AvgIpc) is 3.14. The van der Waals surface area contributed by atoms with Crippen LogP contribution in [-0.4, -0.2) is 36.9 Å². The van der Waals surface area contributed by atoms with E-state index in [1.807, 2.05) is 24.3 Å². The molecule has 2 aromatic carbocycles. The molecule has 0 saturated carbocycles. The molecule has 6 nitrogen and oxygen atoms in total. The molecule has 7 heteroatoms. The highest BCUT2D eigenvalue weighted by molar-refractivity contribution is 7.99. The van der Waals surface area contributed by atoms with Gasteiger partial charge >= 0.3 is 0 Å². The Labute approximate surface area is 168 Å². The van der Waals surface area contributed by atoms with E-state index in [0.717, 1.165) is 30.1 Å². The fourth-order valence-electron chi connectivity index (χ4n) is 3.19. The van der Waals surface area contributed by atoms with Crippen molar-refractivity contribution in [2.45, 2.75) is 30.3 Å². The fraction of sp³-hybridized carbons (Fsp3) is 0.333. The topological polar surface area (TPSA) is 76.7 Å². The highest BCUT2D eigenvalue weighted by Gasteiger charge is 2.17. The number of anilines is 2. The number of ether oxygens (including phenoxy) is 2. The average molecular weight is 398 g/mol. The summed E-state index contributed by atoms with van der Waals surface area (Å²) in [6.07, 6.45) is 2.71. The van der Waals surface area contributed by atoms with Crippen LogP contribution in [0.2, 0.25) is 0 Å². The third kappa shape index (κ3) is 4.66. The summed E-state index contributed by atoms with van der Waals surface area (Å²) in [5.41, 5.74) is 1.84. The zero-order valence-corrected chi connectivity index (χ0v) is 16.2. The lowest BCUT2D eigenvalue weighted by molar-refractivity contribution is -0.115. The summed E-state index contributed by atoms with van der Waals surface area (Å²) in [6, 6.07) is 12.7. The summed E-state index contributed by atoms with van der Waals surface area (Å²) in [5, 5.41) is 5.75. The van der Waals surface area contributed by atoms with Crippen LogP contribution < -0.4 is 15.4 Å². The van der Waals surface area contributed by atoms with Gasteiger partial charge < -0.3 is 20.1 Å². The molecule has 1 fully saturated rings. The van der Waals surface area contributed by atoms with E-state index < -0.39 is 0 Å². The molecule has 0 aromatic heterocycles. The van der Waals surface area contributed by atoms with Crippen molar-refractivity contribution in [3.05, 3.63) is 48.0 Å². The molecule has 2 aromatic rings. The number of nitrogens with one attached hydrogen (secondary N) is 2. The summed E-state index contributed by atoms with van der Waals surface area (Å²) in [5.74, 6) is 1.17. The standard InChI is InChI=1S/C21H22N2O4S/c24-20-8-10-28-19-7-6-14(11-18(19)23-20)21(25)22-15-3-1-4-16(12-15)27-13-17-5-2-9-26-17/h1,3-4,6-7,11-12,17H,2,5,8-10,13H2,(H,22,25)(H,23,24). The summed E-state index contributed by atoms with van der Waals surface area (Å²) in [7, 11) is 0. The smallest absolute Gasteiger partial charge is 0.255 e. The van der Waals surface area contributed by atoms with E-state index in [2.05, 4.69) is 10.6 Å². The number of carbonyl (C=O) groups excluding carboxylic acids is 2. The lowest BCUT2D eigenvalue weighted by Gasteiger charge is -2.13.